The van der Waals surface area contributed by atoms with E-state index < -0.39 is 6.23 Å². The molecule has 0 spiro atoms. The molecule has 1 N–H and O–H groups in total. The van der Waals surface area contributed by atoms with Crippen LogP contribution in [0.3, 0.4) is 0 Å². The molecule has 0 amide bonds. The molecule has 6 nitrogen and oxygen atoms in total. The molecule has 1 unspecified atom stereocenters. The third kappa shape index (κ3) is 3.90. The molecule has 2 aromatic carbocycles. The van der Waals surface area contributed by atoms with Crippen molar-refractivity contribution in [1.29, 1.82) is 0 Å². The first-order valence-electron chi connectivity index (χ1n) is 9.06. The summed E-state index contributed by atoms with van der Waals surface area (Å²) < 4.78 is 12.5. The fourth-order valence-electron chi connectivity index (χ4n) is 3.06. The lowest BCUT2D eigenvalue weighted by Crippen LogP contribution is -2.16. The minimum absolute atomic E-state index is 0.390. The van der Waals surface area contributed by atoms with E-state index in [4.69, 9.17) is 20.8 Å². The molecule has 3 heterocycles. The fourth-order valence-corrected chi connectivity index (χ4v) is 4.45. The number of hydrogen-bond donors (Lipinski definition) is 1. The fraction of sp³-hybridized carbons (Fsp3) is 0.0952. The van der Waals surface area contributed by atoms with Crippen LogP contribution < -0.4 is 10.1 Å². The molecule has 0 saturated carbocycles. The van der Waals surface area contributed by atoms with E-state index >= 15 is 0 Å². The summed E-state index contributed by atoms with van der Waals surface area (Å²) in [6.07, 6.45) is -0.559. The lowest BCUT2D eigenvalue weighted by Gasteiger charge is -2.16. The number of ether oxygens (including phenoxy) is 1. The molecule has 150 valence electrons. The SMILES string of the molecule is Clc1ccccc1CSc1nnc2c(n1)OC(c1ccc(Br)o1)Nc1ccccc1-2. The molecule has 0 saturated heterocycles. The minimum atomic E-state index is -0.559. The molecular weight excluding hydrogens is 488 g/mol. The van der Waals surface area contributed by atoms with Crippen LogP contribution in [0.25, 0.3) is 11.3 Å². The van der Waals surface area contributed by atoms with Crippen molar-refractivity contribution in [1.82, 2.24) is 15.2 Å². The van der Waals surface area contributed by atoms with Gasteiger partial charge in [0.05, 0.1) is 0 Å². The maximum atomic E-state index is 6.26. The highest BCUT2D eigenvalue weighted by molar-refractivity contribution is 9.10. The van der Waals surface area contributed by atoms with Gasteiger partial charge in [-0.25, -0.2) is 0 Å². The average molecular weight is 502 g/mol. The van der Waals surface area contributed by atoms with Gasteiger partial charge in [0.25, 0.3) is 0 Å². The van der Waals surface area contributed by atoms with Crippen LogP contribution in [0, 0.1) is 0 Å². The highest BCUT2D eigenvalue weighted by atomic mass is 79.9. The van der Waals surface area contributed by atoms with Gasteiger partial charge in [-0.05, 0) is 45.8 Å². The first-order chi connectivity index (χ1) is 14.7. The molecular formula is C21H14BrClN4O2S. The number of para-hydroxylation sites is 1. The van der Waals surface area contributed by atoms with E-state index in [-0.39, 0.29) is 0 Å². The Morgan fingerprint density at radius 1 is 1.03 bits per heavy atom. The number of halogens is 2. The molecule has 1 atom stereocenters. The largest absolute Gasteiger partial charge is 0.448 e. The maximum Gasteiger partial charge on any atom is 0.247 e. The van der Waals surface area contributed by atoms with E-state index in [1.165, 1.54) is 11.8 Å². The van der Waals surface area contributed by atoms with Crippen LogP contribution in [-0.4, -0.2) is 15.2 Å². The standard InChI is InChI=1S/C21H14BrClN4O2S/c22-17-10-9-16(28-17)19-24-15-8-4-2-6-13(15)18-20(29-19)25-21(27-26-18)30-11-12-5-1-3-7-14(12)23/h1-10,19,24H,11H2. The molecule has 30 heavy (non-hydrogen) atoms. The molecule has 4 aromatic rings. The van der Waals surface area contributed by atoms with Crippen LogP contribution in [0.1, 0.15) is 17.6 Å². The number of hydrogen-bond acceptors (Lipinski definition) is 7. The number of thioether (sulfide) groups is 1. The quantitative estimate of drug-likeness (QED) is 0.327. The number of fused-ring (bicyclic) bond motifs is 3. The predicted molar refractivity (Wildman–Crippen MR) is 120 cm³/mol. The van der Waals surface area contributed by atoms with Crippen LogP contribution in [0.5, 0.6) is 5.88 Å². The number of furan rings is 1. The second kappa shape index (κ2) is 8.29. The topological polar surface area (TPSA) is 73.1 Å². The zero-order valence-electron chi connectivity index (χ0n) is 15.4. The van der Waals surface area contributed by atoms with Gasteiger partial charge in [-0.2, -0.15) is 4.98 Å². The number of rotatable bonds is 4. The Morgan fingerprint density at radius 3 is 2.70 bits per heavy atom. The molecule has 0 aliphatic carbocycles. The lowest BCUT2D eigenvalue weighted by atomic mass is 10.1. The van der Waals surface area contributed by atoms with Crippen molar-refractivity contribution in [2.75, 3.05) is 5.32 Å². The summed E-state index contributed by atoms with van der Waals surface area (Å²) in [6, 6.07) is 19.2. The second-order valence-electron chi connectivity index (χ2n) is 6.46. The summed E-state index contributed by atoms with van der Waals surface area (Å²) in [5.74, 6) is 1.64. The molecule has 2 aromatic heterocycles. The van der Waals surface area contributed by atoms with Crippen LogP contribution in [0.15, 0.2) is 74.9 Å². The number of anilines is 1. The van der Waals surface area contributed by atoms with Crippen LogP contribution in [0.2, 0.25) is 5.02 Å². The third-order valence-corrected chi connectivity index (χ3v) is 6.18. The number of nitrogens with zero attached hydrogens (tertiary/aromatic N) is 3. The summed E-state index contributed by atoms with van der Waals surface area (Å²) in [4.78, 5) is 4.63. The molecule has 9 heteroatoms. The van der Waals surface area contributed by atoms with Crippen molar-refractivity contribution < 1.29 is 9.15 Å². The van der Waals surface area contributed by atoms with Crippen molar-refractivity contribution >= 4 is 45.0 Å². The van der Waals surface area contributed by atoms with E-state index in [0.29, 0.717) is 37.9 Å². The normalized spacial score (nSPS) is 14.8. The number of aromatic nitrogens is 3. The van der Waals surface area contributed by atoms with Crippen molar-refractivity contribution in [2.45, 2.75) is 17.1 Å². The summed E-state index contributed by atoms with van der Waals surface area (Å²) in [5, 5.41) is 13.3. The van der Waals surface area contributed by atoms with Gasteiger partial charge >= 0.3 is 0 Å². The first kappa shape index (κ1) is 19.4. The van der Waals surface area contributed by atoms with Crippen molar-refractivity contribution in [3.63, 3.8) is 0 Å². The van der Waals surface area contributed by atoms with Crippen molar-refractivity contribution in [3.05, 3.63) is 81.7 Å². The first-order valence-corrected chi connectivity index (χ1v) is 11.2. The van der Waals surface area contributed by atoms with Crippen molar-refractivity contribution in [2.24, 2.45) is 0 Å². The Balaban J connectivity index is 1.49. The lowest BCUT2D eigenvalue weighted by molar-refractivity contribution is 0.194. The van der Waals surface area contributed by atoms with Crippen LogP contribution in [-0.2, 0) is 5.75 Å². The Morgan fingerprint density at radius 2 is 1.87 bits per heavy atom. The molecule has 0 bridgehead atoms. The molecule has 0 radical (unpaired) electrons. The second-order valence-corrected chi connectivity index (χ2v) is 8.59. The summed E-state index contributed by atoms with van der Waals surface area (Å²) in [7, 11) is 0. The van der Waals surface area contributed by atoms with Gasteiger partial charge in [0.1, 0.15) is 0 Å². The van der Waals surface area contributed by atoms with Gasteiger partial charge in [-0.1, -0.05) is 59.8 Å². The van der Waals surface area contributed by atoms with E-state index in [1.807, 2.05) is 60.7 Å². The van der Waals surface area contributed by atoms with Gasteiger partial charge in [-0.3, -0.25) is 0 Å². The summed E-state index contributed by atoms with van der Waals surface area (Å²) in [5.41, 5.74) is 3.31. The van der Waals surface area contributed by atoms with Gasteiger partial charge < -0.3 is 14.5 Å². The van der Waals surface area contributed by atoms with Crippen molar-refractivity contribution in [3.8, 4) is 17.1 Å². The van der Waals surface area contributed by atoms with Gasteiger partial charge in [0.15, 0.2) is 16.1 Å². The van der Waals surface area contributed by atoms with Gasteiger partial charge in [0, 0.05) is 22.0 Å². The highest BCUT2D eigenvalue weighted by Gasteiger charge is 2.27. The Labute approximate surface area is 190 Å². The minimum Gasteiger partial charge on any atom is -0.448 e. The average Bonchev–Trinajstić information content (AvgIpc) is 3.12. The van der Waals surface area contributed by atoms with Gasteiger partial charge in [-0.15, -0.1) is 10.2 Å². The number of benzene rings is 2. The number of nitrogens with one attached hydrogen (secondary N) is 1. The Bertz CT molecular complexity index is 1220. The monoisotopic (exact) mass is 500 g/mol. The van der Waals surface area contributed by atoms with Crippen LogP contribution in [0.4, 0.5) is 5.69 Å². The van der Waals surface area contributed by atoms with E-state index in [1.54, 1.807) is 0 Å². The van der Waals surface area contributed by atoms with E-state index in [9.17, 15) is 0 Å². The predicted octanol–water partition coefficient (Wildman–Crippen LogP) is 6.34. The highest BCUT2D eigenvalue weighted by Crippen LogP contribution is 2.40. The Hall–Kier alpha value is -2.55. The summed E-state index contributed by atoms with van der Waals surface area (Å²) >= 11 is 11.0. The molecule has 5 rings (SSSR count). The zero-order valence-corrected chi connectivity index (χ0v) is 18.5. The van der Waals surface area contributed by atoms with E-state index in [2.05, 4.69) is 36.4 Å². The zero-order chi connectivity index (χ0) is 20.5. The summed E-state index contributed by atoms with van der Waals surface area (Å²) in [6.45, 7) is 0. The molecule has 1 aliphatic rings. The Kier molecular flexibility index (Phi) is 5.37. The molecule has 1 aliphatic heterocycles. The maximum absolute atomic E-state index is 6.26. The van der Waals surface area contributed by atoms with Gasteiger partial charge in [0.2, 0.25) is 17.3 Å². The smallest absolute Gasteiger partial charge is 0.247 e. The van der Waals surface area contributed by atoms with E-state index in [0.717, 1.165) is 16.8 Å². The van der Waals surface area contributed by atoms with Crippen LogP contribution >= 0.6 is 39.3 Å². The third-order valence-electron chi connectivity index (χ3n) is 4.50. The molecule has 0 fully saturated rings.